The van der Waals surface area contributed by atoms with Gasteiger partial charge in [0.1, 0.15) is 12.2 Å². The largest absolute Gasteiger partial charge is 0.493 e. The molecule has 0 bridgehead atoms. The summed E-state index contributed by atoms with van der Waals surface area (Å²) in [5, 5.41) is 11.0. The molecule has 0 saturated carbocycles. The topological polar surface area (TPSA) is 84.8 Å². The van der Waals surface area contributed by atoms with Crippen molar-refractivity contribution >= 4 is 0 Å². The first-order chi connectivity index (χ1) is 19.3. The average molecular weight is 553 g/mol. The summed E-state index contributed by atoms with van der Waals surface area (Å²) in [6.07, 6.45) is -1.69. The normalized spacial score (nSPS) is 21.8. The first kappa shape index (κ1) is 29.4. The molecule has 4 rings (SSSR count). The van der Waals surface area contributed by atoms with Crippen molar-refractivity contribution in [2.75, 3.05) is 35.5 Å². The van der Waals surface area contributed by atoms with Crippen molar-refractivity contribution in [3.8, 4) is 34.5 Å². The molecule has 0 amide bonds. The van der Waals surface area contributed by atoms with Crippen molar-refractivity contribution in [3.05, 3.63) is 71.3 Å². The molecule has 3 aromatic carbocycles. The van der Waals surface area contributed by atoms with E-state index in [9.17, 15) is 5.11 Å². The minimum Gasteiger partial charge on any atom is -0.493 e. The highest BCUT2D eigenvalue weighted by atomic mass is 16.5. The van der Waals surface area contributed by atoms with Gasteiger partial charge in [-0.3, -0.25) is 0 Å². The van der Waals surface area contributed by atoms with E-state index in [1.165, 1.54) is 0 Å². The second kappa shape index (κ2) is 12.7. The number of aliphatic hydroxyl groups excluding tert-OH is 1. The molecule has 6 atom stereocenters. The smallest absolute Gasteiger partial charge is 0.161 e. The van der Waals surface area contributed by atoms with Crippen LogP contribution in [0.25, 0.3) is 0 Å². The standard InChI is InChI=1S/C32H40O8/c1-18-19(2)32(40-31(18)22-10-13-25(35-5)28(16-22)37-7)23-11-14-26(29(17-23)38-8)39-20(3)30(33)21-9-12-24(34-4)27(15-21)36-6/h9-20,30-33H,1-8H3/t18-,19-,20+,30-,31+,32+/m0/s1. The van der Waals surface area contributed by atoms with Crippen molar-refractivity contribution < 1.29 is 38.3 Å². The van der Waals surface area contributed by atoms with Crippen molar-refractivity contribution in [1.29, 1.82) is 0 Å². The predicted octanol–water partition coefficient (Wildman–Crippen LogP) is 6.32. The lowest BCUT2D eigenvalue weighted by Gasteiger charge is -2.24. The Morgan fingerprint density at radius 2 is 1.02 bits per heavy atom. The Labute approximate surface area is 236 Å². The van der Waals surface area contributed by atoms with Crippen LogP contribution in [0.5, 0.6) is 34.5 Å². The summed E-state index contributed by atoms with van der Waals surface area (Å²) in [6, 6.07) is 17.1. The van der Waals surface area contributed by atoms with Crippen LogP contribution in [-0.4, -0.2) is 46.8 Å². The fraction of sp³-hybridized carbons (Fsp3) is 0.438. The molecule has 40 heavy (non-hydrogen) atoms. The third kappa shape index (κ3) is 5.78. The highest BCUT2D eigenvalue weighted by molar-refractivity contribution is 5.46. The average Bonchev–Trinajstić information content (AvgIpc) is 3.29. The van der Waals surface area contributed by atoms with Crippen molar-refractivity contribution in [1.82, 2.24) is 0 Å². The van der Waals surface area contributed by atoms with Gasteiger partial charge in [0.2, 0.25) is 0 Å². The minimum absolute atomic E-state index is 0.0987. The molecule has 8 heteroatoms. The SMILES string of the molecule is COc1ccc([C@@H](O)[C@@H](C)Oc2ccc([C@@H]3O[C@@H](c4ccc(OC)c(OC)c4)[C@@H](C)[C@@H]3C)cc2OC)cc1OC. The molecule has 1 saturated heterocycles. The maximum absolute atomic E-state index is 11.0. The number of benzene rings is 3. The number of aliphatic hydroxyl groups is 1. The van der Waals surface area contributed by atoms with Crippen LogP contribution in [0.3, 0.4) is 0 Å². The predicted molar refractivity (Wildman–Crippen MR) is 152 cm³/mol. The molecule has 8 nitrogen and oxygen atoms in total. The summed E-state index contributed by atoms with van der Waals surface area (Å²) < 4.78 is 40.1. The molecule has 0 spiro atoms. The molecular formula is C32H40O8. The highest BCUT2D eigenvalue weighted by Gasteiger charge is 2.41. The fourth-order valence-electron chi connectivity index (χ4n) is 5.28. The van der Waals surface area contributed by atoms with Crippen LogP contribution in [0.15, 0.2) is 54.6 Å². The van der Waals surface area contributed by atoms with Gasteiger partial charge in [0.15, 0.2) is 34.5 Å². The minimum atomic E-state index is -0.898. The van der Waals surface area contributed by atoms with E-state index in [-0.39, 0.29) is 24.0 Å². The van der Waals surface area contributed by atoms with E-state index in [2.05, 4.69) is 13.8 Å². The van der Waals surface area contributed by atoms with Crippen molar-refractivity contribution in [2.45, 2.75) is 45.2 Å². The summed E-state index contributed by atoms with van der Waals surface area (Å²) in [6.45, 7) is 6.22. The van der Waals surface area contributed by atoms with Crippen LogP contribution in [-0.2, 0) is 4.74 Å². The Bertz CT molecular complexity index is 1290. The molecule has 0 aromatic heterocycles. The number of ether oxygens (including phenoxy) is 7. The van der Waals surface area contributed by atoms with Crippen LogP contribution in [0.4, 0.5) is 0 Å². The van der Waals surface area contributed by atoms with Gasteiger partial charge in [-0.15, -0.1) is 0 Å². The molecule has 0 radical (unpaired) electrons. The summed E-state index contributed by atoms with van der Waals surface area (Å²) >= 11 is 0. The number of methoxy groups -OCH3 is 5. The molecule has 1 fully saturated rings. The lowest BCUT2D eigenvalue weighted by Crippen LogP contribution is -2.22. The Balaban J connectivity index is 1.52. The van der Waals surface area contributed by atoms with E-state index in [0.717, 1.165) is 11.1 Å². The summed E-state index contributed by atoms with van der Waals surface area (Å²) in [7, 11) is 8.00. The number of hydrogen-bond donors (Lipinski definition) is 1. The maximum atomic E-state index is 11.0. The van der Waals surface area contributed by atoms with Gasteiger partial charge in [-0.25, -0.2) is 0 Å². The molecule has 216 valence electrons. The van der Waals surface area contributed by atoms with E-state index in [1.807, 2.05) is 43.3 Å². The van der Waals surface area contributed by atoms with E-state index < -0.39 is 12.2 Å². The molecule has 1 aliphatic rings. The first-order valence-electron chi connectivity index (χ1n) is 13.4. The molecule has 1 N–H and O–H groups in total. The van der Waals surface area contributed by atoms with Gasteiger partial charge in [-0.1, -0.05) is 32.0 Å². The molecule has 0 unspecified atom stereocenters. The second-order valence-electron chi connectivity index (χ2n) is 10.1. The zero-order valence-electron chi connectivity index (χ0n) is 24.5. The maximum Gasteiger partial charge on any atom is 0.161 e. The monoisotopic (exact) mass is 552 g/mol. The zero-order chi connectivity index (χ0) is 29.0. The van der Waals surface area contributed by atoms with Crippen molar-refractivity contribution in [3.63, 3.8) is 0 Å². The first-order valence-corrected chi connectivity index (χ1v) is 13.4. The molecule has 1 heterocycles. The third-order valence-electron chi connectivity index (χ3n) is 7.84. The molecular weight excluding hydrogens is 512 g/mol. The Hall–Kier alpha value is -3.62. The van der Waals surface area contributed by atoms with Gasteiger partial charge < -0.3 is 38.3 Å². The van der Waals surface area contributed by atoms with Gasteiger partial charge in [-0.2, -0.15) is 0 Å². The Morgan fingerprint density at radius 3 is 1.52 bits per heavy atom. The summed E-state index contributed by atoms with van der Waals surface area (Å²) in [5.41, 5.74) is 2.70. The quantitative estimate of drug-likeness (QED) is 0.296. The highest BCUT2D eigenvalue weighted by Crippen LogP contribution is 2.50. The number of rotatable bonds is 11. The summed E-state index contributed by atoms with van der Waals surface area (Å²) in [5.74, 6) is 4.12. The van der Waals surface area contributed by atoms with Crippen LogP contribution < -0.4 is 28.4 Å². The van der Waals surface area contributed by atoms with Crippen LogP contribution in [0, 0.1) is 11.8 Å². The zero-order valence-corrected chi connectivity index (χ0v) is 24.5. The Morgan fingerprint density at radius 1 is 0.600 bits per heavy atom. The van der Waals surface area contributed by atoms with Gasteiger partial charge >= 0.3 is 0 Å². The Kier molecular flexibility index (Phi) is 9.32. The third-order valence-corrected chi connectivity index (χ3v) is 7.84. The van der Waals surface area contributed by atoms with E-state index in [1.54, 1.807) is 53.7 Å². The van der Waals surface area contributed by atoms with Crippen LogP contribution in [0.2, 0.25) is 0 Å². The number of hydrogen-bond acceptors (Lipinski definition) is 8. The van der Waals surface area contributed by atoms with Crippen LogP contribution >= 0.6 is 0 Å². The van der Waals surface area contributed by atoms with Crippen LogP contribution in [0.1, 0.15) is 55.8 Å². The van der Waals surface area contributed by atoms with E-state index in [0.29, 0.717) is 40.1 Å². The summed E-state index contributed by atoms with van der Waals surface area (Å²) in [4.78, 5) is 0. The molecule has 1 aliphatic heterocycles. The lowest BCUT2D eigenvalue weighted by atomic mass is 9.85. The second-order valence-corrected chi connectivity index (χ2v) is 10.1. The van der Waals surface area contributed by atoms with E-state index in [4.69, 9.17) is 33.2 Å². The molecule has 0 aliphatic carbocycles. The van der Waals surface area contributed by atoms with Gasteiger partial charge in [-0.05, 0) is 71.8 Å². The van der Waals surface area contributed by atoms with Gasteiger partial charge in [0.05, 0.1) is 47.8 Å². The van der Waals surface area contributed by atoms with E-state index >= 15 is 0 Å². The van der Waals surface area contributed by atoms with Gasteiger partial charge in [0, 0.05) is 0 Å². The molecule has 3 aromatic rings. The fourth-order valence-corrected chi connectivity index (χ4v) is 5.28. The lowest BCUT2D eigenvalue weighted by molar-refractivity contribution is 0.0284. The van der Waals surface area contributed by atoms with Gasteiger partial charge in [0.25, 0.3) is 0 Å². The van der Waals surface area contributed by atoms with Crippen molar-refractivity contribution in [2.24, 2.45) is 11.8 Å².